The summed E-state index contributed by atoms with van der Waals surface area (Å²) in [6.07, 6.45) is -1.59. The average molecular weight is 444 g/mol. The van der Waals surface area contributed by atoms with E-state index in [0.29, 0.717) is 22.4 Å². The lowest BCUT2D eigenvalue weighted by Crippen LogP contribution is -2.39. The highest BCUT2D eigenvalue weighted by atomic mass is 35.5. The van der Waals surface area contributed by atoms with Crippen LogP contribution in [0.25, 0.3) is 16.7 Å². The predicted molar refractivity (Wildman–Crippen MR) is 101 cm³/mol. The number of rotatable bonds is 2. The number of aryl methyl sites for hydroxylation is 1. The van der Waals surface area contributed by atoms with Gasteiger partial charge in [-0.15, -0.1) is 0 Å². The van der Waals surface area contributed by atoms with E-state index in [1.165, 1.54) is 13.1 Å². The smallest absolute Gasteiger partial charge is 0.304 e. The summed E-state index contributed by atoms with van der Waals surface area (Å²) in [4.78, 5) is 33.1. The van der Waals surface area contributed by atoms with Crippen LogP contribution in [0, 0.1) is 0 Å². The lowest BCUT2D eigenvalue weighted by molar-refractivity contribution is -0.141. The Kier molecular flexibility index (Phi) is 4.43. The van der Waals surface area contributed by atoms with Gasteiger partial charge in [-0.2, -0.15) is 13.2 Å². The molecule has 0 bridgehead atoms. The molecule has 0 spiro atoms. The second-order valence-corrected chi connectivity index (χ2v) is 7.11. The molecule has 0 aromatic carbocycles. The Bertz CT molecular complexity index is 1400. The second kappa shape index (κ2) is 6.60. The van der Waals surface area contributed by atoms with Gasteiger partial charge in [-0.3, -0.25) is 13.9 Å². The number of hydrogen-bond donors (Lipinski definition) is 0. The fourth-order valence-corrected chi connectivity index (χ4v) is 3.51. The van der Waals surface area contributed by atoms with Crippen molar-refractivity contribution in [3.8, 4) is 0 Å². The highest BCUT2D eigenvalue weighted by molar-refractivity contribution is 6.36. The molecule has 0 aliphatic carbocycles. The van der Waals surface area contributed by atoms with Crippen molar-refractivity contribution in [1.29, 1.82) is 0 Å². The summed E-state index contributed by atoms with van der Waals surface area (Å²) in [5.41, 5.74) is -2.42. The van der Waals surface area contributed by atoms with Crippen molar-refractivity contribution >= 4 is 39.9 Å². The van der Waals surface area contributed by atoms with Crippen LogP contribution in [0.5, 0.6) is 0 Å². The van der Waals surface area contributed by atoms with E-state index < -0.39 is 23.1 Å². The van der Waals surface area contributed by atoms with Gasteiger partial charge in [0.2, 0.25) is 0 Å². The van der Waals surface area contributed by atoms with Crippen LogP contribution in [0.15, 0.2) is 40.2 Å². The molecular formula is C17H10Cl2F3N5O2. The fourth-order valence-electron chi connectivity index (χ4n) is 2.99. The Balaban J connectivity index is 1.88. The van der Waals surface area contributed by atoms with Gasteiger partial charge in [0, 0.05) is 19.4 Å². The molecular weight excluding hydrogens is 434 g/mol. The summed E-state index contributed by atoms with van der Waals surface area (Å²) >= 11 is 12.0. The Morgan fingerprint density at radius 2 is 1.79 bits per heavy atom. The fraction of sp³-hybridized carbons (Fsp3) is 0.176. The van der Waals surface area contributed by atoms with E-state index >= 15 is 0 Å². The molecule has 0 saturated heterocycles. The highest BCUT2D eigenvalue weighted by Gasteiger charge is 2.33. The van der Waals surface area contributed by atoms with Crippen molar-refractivity contribution in [2.45, 2.75) is 12.7 Å². The second-order valence-electron chi connectivity index (χ2n) is 6.27. The molecule has 0 radical (unpaired) electrons. The van der Waals surface area contributed by atoms with Gasteiger partial charge in [0.05, 0.1) is 27.7 Å². The number of imidazole rings is 1. The zero-order chi connectivity index (χ0) is 21.1. The van der Waals surface area contributed by atoms with E-state index in [2.05, 4.69) is 9.97 Å². The van der Waals surface area contributed by atoms with Crippen LogP contribution in [0.1, 0.15) is 11.4 Å². The number of hydrogen-bond acceptors (Lipinski definition) is 4. The van der Waals surface area contributed by atoms with Crippen molar-refractivity contribution in [1.82, 2.24) is 23.5 Å². The van der Waals surface area contributed by atoms with Crippen LogP contribution in [0.4, 0.5) is 13.2 Å². The number of alkyl halides is 3. The largest absolute Gasteiger partial charge is 0.433 e. The van der Waals surface area contributed by atoms with E-state index in [9.17, 15) is 22.8 Å². The summed E-state index contributed by atoms with van der Waals surface area (Å²) in [6.45, 7) is -0.210. The van der Waals surface area contributed by atoms with Crippen LogP contribution < -0.4 is 11.2 Å². The van der Waals surface area contributed by atoms with Crippen LogP contribution in [-0.2, 0) is 19.8 Å². The van der Waals surface area contributed by atoms with Crippen LogP contribution >= 0.6 is 23.2 Å². The summed E-state index contributed by atoms with van der Waals surface area (Å²) in [5.74, 6) is 0. The van der Waals surface area contributed by atoms with Gasteiger partial charge in [-0.1, -0.05) is 23.2 Å². The molecule has 29 heavy (non-hydrogen) atoms. The molecule has 0 unspecified atom stereocenters. The van der Waals surface area contributed by atoms with E-state index in [1.54, 1.807) is 16.8 Å². The minimum absolute atomic E-state index is 0.120. The number of nitrogens with zero attached hydrogens (tertiary/aromatic N) is 5. The lowest BCUT2D eigenvalue weighted by atomic mass is 10.2. The maximum atomic E-state index is 12.9. The molecule has 0 amide bonds. The van der Waals surface area contributed by atoms with E-state index in [-0.39, 0.29) is 22.6 Å². The van der Waals surface area contributed by atoms with Crippen molar-refractivity contribution < 1.29 is 13.2 Å². The number of pyridine rings is 2. The molecule has 0 atom stereocenters. The number of fused-ring (bicyclic) bond motifs is 2. The van der Waals surface area contributed by atoms with Gasteiger partial charge in [0.25, 0.3) is 5.56 Å². The topological polar surface area (TPSA) is 74.2 Å². The van der Waals surface area contributed by atoms with Crippen molar-refractivity contribution in [2.24, 2.45) is 7.05 Å². The molecule has 0 aliphatic rings. The van der Waals surface area contributed by atoms with Crippen LogP contribution in [-0.4, -0.2) is 23.5 Å². The Hall–Kier alpha value is -2.85. The standard InChI is InChI=1S/C17H10Cl2F3N5O2/c1-25-13-10(2-3-12(24-13)17(20,21)22)15(28)27(16(25)29)7-9-6-26-5-8(18)4-11(19)14(26)23-9/h2-6H,7H2,1H3. The molecule has 0 aliphatic heterocycles. The summed E-state index contributed by atoms with van der Waals surface area (Å²) in [7, 11) is 1.24. The Morgan fingerprint density at radius 3 is 2.48 bits per heavy atom. The first kappa shape index (κ1) is 19.5. The van der Waals surface area contributed by atoms with E-state index in [4.69, 9.17) is 23.2 Å². The van der Waals surface area contributed by atoms with Crippen LogP contribution in [0.3, 0.4) is 0 Å². The first-order valence-corrected chi connectivity index (χ1v) is 8.82. The third-order valence-electron chi connectivity index (χ3n) is 4.32. The van der Waals surface area contributed by atoms with Gasteiger partial charge in [-0.05, 0) is 18.2 Å². The molecule has 0 N–H and O–H groups in total. The number of halogens is 5. The monoisotopic (exact) mass is 443 g/mol. The Morgan fingerprint density at radius 1 is 1.07 bits per heavy atom. The molecule has 4 aromatic heterocycles. The normalized spacial score (nSPS) is 12.2. The molecule has 4 rings (SSSR count). The molecule has 0 saturated carbocycles. The van der Waals surface area contributed by atoms with Gasteiger partial charge >= 0.3 is 11.9 Å². The van der Waals surface area contributed by atoms with E-state index in [0.717, 1.165) is 15.2 Å². The maximum Gasteiger partial charge on any atom is 0.433 e. The molecule has 7 nitrogen and oxygen atoms in total. The third-order valence-corrected chi connectivity index (χ3v) is 4.80. The molecule has 4 heterocycles. The zero-order valence-electron chi connectivity index (χ0n) is 14.5. The minimum Gasteiger partial charge on any atom is -0.304 e. The lowest BCUT2D eigenvalue weighted by Gasteiger charge is -2.11. The molecule has 0 fully saturated rings. The van der Waals surface area contributed by atoms with Gasteiger partial charge in [0.15, 0.2) is 5.65 Å². The minimum atomic E-state index is -4.70. The number of aromatic nitrogens is 5. The molecule has 12 heteroatoms. The SMILES string of the molecule is Cn1c(=O)n(Cc2cn3cc(Cl)cc(Cl)c3n2)c(=O)c2ccc(C(F)(F)F)nc21. The maximum absolute atomic E-state index is 12.9. The van der Waals surface area contributed by atoms with Gasteiger partial charge < -0.3 is 4.40 Å². The first-order valence-electron chi connectivity index (χ1n) is 8.06. The van der Waals surface area contributed by atoms with Crippen molar-refractivity contribution in [3.05, 3.63) is 72.9 Å². The first-order chi connectivity index (χ1) is 13.6. The van der Waals surface area contributed by atoms with Gasteiger partial charge in [0.1, 0.15) is 11.3 Å². The quantitative estimate of drug-likeness (QED) is 0.477. The average Bonchev–Trinajstić information content (AvgIpc) is 3.05. The van der Waals surface area contributed by atoms with Crippen LogP contribution in [0.2, 0.25) is 10.0 Å². The summed E-state index contributed by atoms with van der Waals surface area (Å²) < 4.78 is 42.1. The summed E-state index contributed by atoms with van der Waals surface area (Å²) in [5, 5.41) is 0.535. The predicted octanol–water partition coefficient (Wildman–Crippen LogP) is 3.12. The van der Waals surface area contributed by atoms with Crippen molar-refractivity contribution in [3.63, 3.8) is 0 Å². The molecule has 4 aromatic rings. The third kappa shape index (κ3) is 3.28. The van der Waals surface area contributed by atoms with Gasteiger partial charge in [-0.25, -0.2) is 14.8 Å². The van der Waals surface area contributed by atoms with Crippen molar-refractivity contribution in [2.75, 3.05) is 0 Å². The zero-order valence-corrected chi connectivity index (χ0v) is 16.0. The molecule has 150 valence electrons. The Labute approximate surface area is 169 Å². The summed E-state index contributed by atoms with van der Waals surface area (Å²) in [6, 6.07) is 3.20. The highest BCUT2D eigenvalue weighted by Crippen LogP contribution is 2.28. The van der Waals surface area contributed by atoms with E-state index in [1.807, 2.05) is 0 Å².